The van der Waals surface area contributed by atoms with Gasteiger partial charge in [0, 0.05) is 39.2 Å². The van der Waals surface area contributed by atoms with E-state index in [9.17, 15) is 43.2 Å². The van der Waals surface area contributed by atoms with Gasteiger partial charge >= 0.3 is 47.7 Å². The Bertz CT molecular complexity index is 5710. The number of rotatable bonds is 14. The lowest BCUT2D eigenvalue weighted by molar-refractivity contribution is -0.167. The summed E-state index contributed by atoms with van der Waals surface area (Å²) in [6, 6.07) is 10.3. The van der Waals surface area contributed by atoms with E-state index in [1.807, 2.05) is 68.4 Å². The van der Waals surface area contributed by atoms with Crippen LogP contribution < -0.4 is 14.2 Å². The Kier molecular flexibility index (Phi) is 32.7. The Morgan fingerprint density at radius 2 is 0.986 bits per heavy atom. The third kappa shape index (κ3) is 26.9. The molecule has 3 amide bonds. The number of nitrogens with zero attached hydrogens (tertiary/aromatic N) is 9. The fraction of sp³-hybridized carbons (Fsp3) is 0.625. The van der Waals surface area contributed by atoms with Crippen LogP contribution in [0.1, 0.15) is 252 Å². The Labute approximate surface area is 829 Å². The third-order valence-electron chi connectivity index (χ3n) is 26.6. The van der Waals surface area contributed by atoms with Crippen molar-refractivity contribution in [2.24, 2.45) is 69.5 Å². The molecule has 5 aliphatic heterocycles. The number of fused-ring (bicyclic) bond motifs is 11. The van der Waals surface area contributed by atoms with Crippen LogP contribution in [-0.4, -0.2) is 189 Å². The van der Waals surface area contributed by atoms with Gasteiger partial charge in [-0.15, -0.1) is 6.58 Å². The number of hydrogen-bond donors (Lipinski definition) is 0. The minimum absolute atomic E-state index is 0.0470. The average Bonchev–Trinajstić information content (AvgIpc) is 1.59. The SMILES string of the molecule is C=CCC[C@@H]1C[C@H]1OC(=O)C[C@H](C(=O)N1C[C@H](Oc2nc3cc(Cl)ccc3nc2C(F)(F)C=C)[C@@H](C)[C@H]1C(=O)OC(C)(C)C)C(C)(C)C.C[C@@H]1[C@@H]2CN(C(=O)[C@H](C(C)(C)C)CC(=O)O[C@@H]3C[C@H]3CC/C=C/C(F)(F)c3nc4ccc(Cl)cc4nc3O2)[C@@H]1C(=O)OC(C)(C)C.C[C@@H]1[C@@H]2CN(C(=O)[C@H](C(C)(C)C)CC(=O)O[C@@H]3C[C@H]3CCCCC(F)(F)c3nc4ccc(Cl)cc4nc3O2)[C@@H]1C(=O)OC(C)(C)C. The van der Waals surface area contributed by atoms with E-state index in [-0.39, 0.29) is 120 Å². The molecule has 6 fully saturated rings. The molecule has 0 radical (unpaired) electrons. The highest BCUT2D eigenvalue weighted by molar-refractivity contribution is 6.32. The average molecular weight is 2020 g/mol. The molecule has 3 saturated carbocycles. The summed E-state index contributed by atoms with van der Waals surface area (Å²) < 4.78 is 147. The fourth-order valence-corrected chi connectivity index (χ4v) is 19.0. The summed E-state index contributed by atoms with van der Waals surface area (Å²) in [7, 11) is 0. The Morgan fingerprint density at radius 1 is 0.536 bits per heavy atom. The van der Waals surface area contributed by atoms with Gasteiger partial charge in [0.15, 0.2) is 17.1 Å². The maximum absolute atomic E-state index is 16.0. The molecule has 0 N–H and O–H groups in total. The summed E-state index contributed by atoms with van der Waals surface area (Å²) in [5, 5.41) is 1.02. The van der Waals surface area contributed by atoms with E-state index in [1.54, 1.807) is 95.2 Å². The lowest BCUT2D eigenvalue weighted by atomic mass is 9.77. The first-order valence-electron chi connectivity index (χ1n) is 48.1. The minimum atomic E-state index is -3.61. The third-order valence-corrected chi connectivity index (χ3v) is 27.3. The smallest absolute Gasteiger partial charge is 0.329 e. The van der Waals surface area contributed by atoms with Crippen LogP contribution in [0.25, 0.3) is 33.1 Å². The molecule has 3 aromatic carbocycles. The number of aromatic nitrogens is 6. The molecular weight excluding hydrogens is 1880 g/mol. The molecule has 0 spiro atoms. The standard InChI is InChI=1S/C36H46ClF2N3O6.C34H44ClF2N3O6.C34H42ClF2N3O6/c1-10-12-13-21-16-26(21)46-28(43)18-23(34(4,5)6)32(44)42-19-27(20(3)29(42)33(45)48-35(7,8)9)47-31-30(36(38,39)11-2)40-24-15-14-22(37)17-25(24)41-31;2*1-18-25-17-40(27(18)31(43)46-33(5,6)7)30(42)21(32(2,3)4)16-26(41)44-24-14-19(24)10-8-9-13-34(36,37)28-29(45-25)39-23-15-20(35)11-12-22(23)38-28/h10-11,14-15,17,20-21,23,26-27,29H,1-2,12-13,16,18-19H2,3-9H3;11-12,15,18-19,21,24-25,27H,8-10,13-14,16-17H2,1-7H3;9,11-13,15,18-19,21,24-25,27H,8,10,14,16-17H2,1-7H3/b;;13-9+/t20-,21-,23-,26-,27+,29+;2*18-,19-,21-,24-,25+,27+/m111/s1. The van der Waals surface area contributed by atoms with Crippen LogP contribution in [0.3, 0.4) is 0 Å². The van der Waals surface area contributed by atoms with E-state index < -0.39 is 212 Å². The molecule has 8 aliphatic rings. The topological polar surface area (TPSA) is 324 Å². The molecule has 0 unspecified atom stereocenters. The number of allylic oxidation sites excluding steroid dienone is 4. The predicted octanol–water partition coefficient (Wildman–Crippen LogP) is 21.0. The van der Waals surface area contributed by atoms with Gasteiger partial charge in [-0.05, 0) is 221 Å². The van der Waals surface area contributed by atoms with Crippen LogP contribution in [0.15, 0.2) is 92.1 Å². The van der Waals surface area contributed by atoms with E-state index in [4.69, 9.17) is 77.4 Å². The van der Waals surface area contributed by atoms with Gasteiger partial charge in [0.1, 0.15) is 71.6 Å². The second-order valence-electron chi connectivity index (χ2n) is 44.7. The van der Waals surface area contributed by atoms with Crippen molar-refractivity contribution in [3.63, 3.8) is 0 Å². The van der Waals surface area contributed by atoms with E-state index in [1.165, 1.54) is 63.2 Å². The first kappa shape index (κ1) is 109. The van der Waals surface area contributed by atoms with Crippen molar-refractivity contribution >= 4 is 121 Å². The van der Waals surface area contributed by atoms with E-state index in [0.29, 0.717) is 59.7 Å². The number of esters is 6. The van der Waals surface area contributed by atoms with Crippen molar-refractivity contribution in [1.82, 2.24) is 44.6 Å². The molecule has 140 heavy (non-hydrogen) atoms. The Balaban J connectivity index is 0.000000188. The fourth-order valence-electron chi connectivity index (χ4n) is 18.5. The molecular formula is C104H132Cl3F6N9O18. The summed E-state index contributed by atoms with van der Waals surface area (Å²) in [6.07, 6.45) is 5.89. The normalized spacial score (nSPS) is 27.3. The van der Waals surface area contributed by atoms with Gasteiger partial charge in [-0.1, -0.05) is 143 Å². The van der Waals surface area contributed by atoms with E-state index in [0.717, 1.165) is 25.3 Å². The summed E-state index contributed by atoms with van der Waals surface area (Å²) in [5.41, 5.74) is -5.33. The second kappa shape index (κ2) is 42.1. The molecule has 8 heterocycles. The number of hydrogen-bond acceptors (Lipinski definition) is 24. The zero-order valence-corrected chi connectivity index (χ0v) is 85.9. The highest BCUT2D eigenvalue weighted by atomic mass is 35.5. The van der Waals surface area contributed by atoms with Crippen molar-refractivity contribution in [2.75, 3.05) is 19.6 Å². The Hall–Kier alpha value is -10.0. The number of ether oxygens (including phenoxy) is 9. The molecule has 3 aliphatic carbocycles. The zero-order valence-electron chi connectivity index (χ0n) is 83.6. The lowest BCUT2D eigenvalue weighted by Gasteiger charge is -2.35. The molecule has 3 aromatic heterocycles. The first-order valence-corrected chi connectivity index (χ1v) is 49.2. The van der Waals surface area contributed by atoms with Gasteiger partial charge in [0.05, 0.1) is 89.8 Å². The van der Waals surface area contributed by atoms with Crippen LogP contribution in [0.4, 0.5) is 26.3 Å². The van der Waals surface area contributed by atoms with E-state index in [2.05, 4.69) is 43.1 Å². The summed E-state index contributed by atoms with van der Waals surface area (Å²) in [6.45, 7) is 43.7. The number of amides is 3. The van der Waals surface area contributed by atoms with Crippen molar-refractivity contribution < 1.29 is 112 Å². The number of benzene rings is 3. The molecule has 14 rings (SSSR count). The van der Waals surface area contributed by atoms with Gasteiger partial charge in [0.25, 0.3) is 5.92 Å². The van der Waals surface area contributed by atoms with Crippen LogP contribution in [0, 0.1) is 69.5 Å². The molecule has 4 bridgehead atoms. The zero-order chi connectivity index (χ0) is 103. The number of likely N-dealkylation sites (tertiary alicyclic amines) is 1. The second-order valence-corrected chi connectivity index (χ2v) is 46.0. The molecule has 27 nitrogen and oxygen atoms in total. The van der Waals surface area contributed by atoms with Gasteiger partial charge in [0.2, 0.25) is 35.4 Å². The van der Waals surface area contributed by atoms with Crippen molar-refractivity contribution in [3.8, 4) is 17.6 Å². The molecule has 3 saturated heterocycles. The summed E-state index contributed by atoms with van der Waals surface area (Å²) >= 11 is 18.5. The number of halogens is 9. The maximum atomic E-state index is 16.0. The molecule has 18 atom stereocenters. The van der Waals surface area contributed by atoms with E-state index >= 15 is 26.3 Å². The van der Waals surface area contributed by atoms with Crippen LogP contribution in [0.5, 0.6) is 17.6 Å². The van der Waals surface area contributed by atoms with Crippen molar-refractivity contribution in [1.29, 1.82) is 0 Å². The maximum Gasteiger partial charge on any atom is 0.329 e. The number of alkyl halides is 6. The highest BCUT2D eigenvalue weighted by Crippen LogP contribution is 2.50. The quantitative estimate of drug-likeness (QED) is 0.0423. The molecule has 36 heteroatoms. The van der Waals surface area contributed by atoms with Crippen LogP contribution >= 0.6 is 34.8 Å². The monoisotopic (exact) mass is 2010 g/mol. The van der Waals surface area contributed by atoms with Gasteiger partial charge in [-0.3, -0.25) is 28.8 Å². The van der Waals surface area contributed by atoms with Gasteiger partial charge < -0.3 is 57.3 Å². The minimum Gasteiger partial charge on any atom is -0.471 e. The summed E-state index contributed by atoms with van der Waals surface area (Å²) in [5.74, 6) is -20.9. The lowest BCUT2D eigenvalue weighted by Crippen LogP contribution is -2.50. The van der Waals surface area contributed by atoms with Crippen LogP contribution in [-0.2, 0) is 89.3 Å². The van der Waals surface area contributed by atoms with Crippen LogP contribution in [0.2, 0.25) is 15.1 Å². The largest absolute Gasteiger partial charge is 0.471 e. The van der Waals surface area contributed by atoms with Gasteiger partial charge in [-0.25, -0.2) is 44.3 Å². The van der Waals surface area contributed by atoms with Crippen molar-refractivity contribution in [3.05, 3.63) is 124 Å². The predicted molar refractivity (Wildman–Crippen MR) is 513 cm³/mol. The first-order chi connectivity index (χ1) is 64.9. The van der Waals surface area contributed by atoms with Crippen molar-refractivity contribution in [2.45, 2.75) is 325 Å². The Morgan fingerprint density at radius 3 is 1.44 bits per heavy atom. The molecule has 6 aromatic rings. The summed E-state index contributed by atoms with van der Waals surface area (Å²) in [4.78, 5) is 153. The number of carbonyl (C=O) groups is 9. The highest BCUT2D eigenvalue weighted by Gasteiger charge is 2.58. The molecule has 764 valence electrons. The number of carbonyl (C=O) groups excluding carboxylic acids is 9. The van der Waals surface area contributed by atoms with Gasteiger partial charge in [-0.2, -0.15) is 26.3 Å².